The zero-order chi connectivity index (χ0) is 15.5. The zero-order valence-corrected chi connectivity index (χ0v) is 12.5. The molecule has 116 valence electrons. The third-order valence-corrected chi connectivity index (χ3v) is 4.19. The van der Waals surface area contributed by atoms with Crippen LogP contribution in [0.2, 0.25) is 0 Å². The highest BCUT2D eigenvalue weighted by atomic mass is 32.2. The minimum atomic E-state index is -4.48. The smallest absolute Gasteiger partial charge is 0.384 e. The van der Waals surface area contributed by atoms with Gasteiger partial charge in [0.2, 0.25) is 0 Å². The molecule has 0 saturated carbocycles. The maximum absolute atomic E-state index is 13.1. The van der Waals surface area contributed by atoms with Crippen LogP contribution >= 0.6 is 11.8 Å². The van der Waals surface area contributed by atoms with Crippen molar-refractivity contribution >= 4 is 23.4 Å². The van der Waals surface area contributed by atoms with Gasteiger partial charge in [0.05, 0.1) is 16.8 Å². The van der Waals surface area contributed by atoms with Gasteiger partial charge in [-0.3, -0.25) is 4.79 Å². The van der Waals surface area contributed by atoms with Crippen molar-refractivity contribution in [2.24, 2.45) is 0 Å². The van der Waals surface area contributed by atoms with Crippen LogP contribution in [0.25, 0.3) is 0 Å². The largest absolute Gasteiger partial charge is 0.418 e. The van der Waals surface area contributed by atoms with E-state index in [1.54, 1.807) is 23.6 Å². The number of benzene rings is 1. The van der Waals surface area contributed by atoms with Gasteiger partial charge in [0.1, 0.15) is 0 Å². The third-order valence-electron chi connectivity index (χ3n) is 3.25. The predicted octanol–water partition coefficient (Wildman–Crippen LogP) is 3.33. The topological polar surface area (TPSA) is 32.3 Å². The van der Waals surface area contributed by atoms with E-state index < -0.39 is 11.7 Å². The summed E-state index contributed by atoms with van der Waals surface area (Å²) >= 11 is 1.74. The van der Waals surface area contributed by atoms with Crippen LogP contribution in [0.3, 0.4) is 0 Å². The Bertz CT molecular complexity index is 513. The number of nitrogens with zero attached hydrogens (tertiary/aromatic N) is 1. The van der Waals surface area contributed by atoms with Gasteiger partial charge in [0, 0.05) is 31.1 Å². The second kappa shape index (κ2) is 6.60. The van der Waals surface area contributed by atoms with Gasteiger partial charge in [-0.25, -0.2) is 0 Å². The molecule has 1 aromatic rings. The number of thioether (sulfide) groups is 1. The molecule has 0 aromatic heterocycles. The van der Waals surface area contributed by atoms with Crippen LogP contribution in [0, 0.1) is 0 Å². The molecule has 1 saturated heterocycles. The molecule has 1 aliphatic rings. The van der Waals surface area contributed by atoms with Crippen molar-refractivity contribution in [3.05, 3.63) is 29.3 Å². The second-order valence-corrected chi connectivity index (χ2v) is 5.89. The summed E-state index contributed by atoms with van der Waals surface area (Å²) in [5, 5.41) is 2.70. The fourth-order valence-corrected chi connectivity index (χ4v) is 3.17. The highest BCUT2D eigenvalue weighted by Gasteiger charge is 2.35. The Morgan fingerprint density at radius 1 is 1.33 bits per heavy atom. The molecule has 0 spiro atoms. The Kier molecular flexibility index (Phi) is 5.03. The van der Waals surface area contributed by atoms with E-state index in [1.807, 2.05) is 0 Å². The monoisotopic (exact) mass is 318 g/mol. The summed E-state index contributed by atoms with van der Waals surface area (Å²) in [4.78, 5) is 14.1. The first-order chi connectivity index (χ1) is 9.95. The first-order valence-corrected chi connectivity index (χ1v) is 7.91. The van der Waals surface area contributed by atoms with Crippen LogP contribution in [0.1, 0.15) is 22.8 Å². The van der Waals surface area contributed by atoms with E-state index in [2.05, 4.69) is 5.32 Å². The molecule has 0 radical (unpaired) electrons. The average molecular weight is 318 g/mol. The second-order valence-electron chi connectivity index (χ2n) is 4.66. The first-order valence-electron chi connectivity index (χ1n) is 6.76. The van der Waals surface area contributed by atoms with Gasteiger partial charge in [-0.15, -0.1) is 0 Å². The molecule has 1 N–H and O–H groups in total. The fraction of sp³-hybridized carbons (Fsp3) is 0.500. The Morgan fingerprint density at radius 3 is 2.57 bits per heavy atom. The lowest BCUT2D eigenvalue weighted by Crippen LogP contribution is -2.38. The van der Waals surface area contributed by atoms with Crippen molar-refractivity contribution in [1.82, 2.24) is 4.90 Å². The molecule has 0 atom stereocenters. The summed E-state index contributed by atoms with van der Waals surface area (Å²) in [5.74, 6) is 1.31. The van der Waals surface area contributed by atoms with Gasteiger partial charge >= 0.3 is 6.18 Å². The molecule has 1 aliphatic heterocycles. The standard InChI is InChI=1S/C14H17F3N2OS/c1-2-18-12-10(4-3-5-11(12)14(15,16)17)13(20)19-6-8-21-9-7-19/h3-5,18H,2,6-9H2,1H3. The molecule has 1 heterocycles. The number of carbonyl (C=O) groups excluding carboxylic acids is 1. The maximum atomic E-state index is 13.1. The van der Waals surface area contributed by atoms with E-state index in [1.165, 1.54) is 12.1 Å². The summed E-state index contributed by atoms with van der Waals surface area (Å²) in [7, 11) is 0. The van der Waals surface area contributed by atoms with E-state index in [9.17, 15) is 18.0 Å². The number of para-hydroxylation sites is 1. The van der Waals surface area contributed by atoms with Crippen molar-refractivity contribution in [1.29, 1.82) is 0 Å². The molecule has 0 aliphatic carbocycles. The van der Waals surface area contributed by atoms with Crippen LogP contribution < -0.4 is 5.32 Å². The number of hydrogen-bond acceptors (Lipinski definition) is 3. The van der Waals surface area contributed by atoms with Gasteiger partial charge < -0.3 is 10.2 Å². The first kappa shape index (κ1) is 16.0. The van der Waals surface area contributed by atoms with Gasteiger partial charge in [-0.05, 0) is 19.1 Å². The minimum absolute atomic E-state index is 0.0959. The van der Waals surface area contributed by atoms with Crippen molar-refractivity contribution in [3.8, 4) is 0 Å². The molecule has 0 unspecified atom stereocenters. The van der Waals surface area contributed by atoms with E-state index in [0.717, 1.165) is 17.6 Å². The Hall–Kier alpha value is -1.37. The minimum Gasteiger partial charge on any atom is -0.384 e. The van der Waals surface area contributed by atoms with E-state index in [0.29, 0.717) is 19.6 Å². The number of alkyl halides is 3. The Morgan fingerprint density at radius 2 is 2.00 bits per heavy atom. The van der Waals surface area contributed by atoms with E-state index in [4.69, 9.17) is 0 Å². The summed E-state index contributed by atoms with van der Waals surface area (Å²) in [6.45, 7) is 3.18. The number of halogens is 3. The maximum Gasteiger partial charge on any atom is 0.418 e. The number of hydrogen-bond donors (Lipinski definition) is 1. The molecule has 2 rings (SSSR count). The highest BCUT2D eigenvalue weighted by Crippen LogP contribution is 2.37. The molecule has 0 bridgehead atoms. The molecule has 1 amide bonds. The van der Waals surface area contributed by atoms with E-state index >= 15 is 0 Å². The quantitative estimate of drug-likeness (QED) is 0.928. The molecule has 21 heavy (non-hydrogen) atoms. The number of nitrogens with one attached hydrogen (secondary N) is 1. The van der Waals surface area contributed by atoms with Crippen LogP contribution in [0.15, 0.2) is 18.2 Å². The number of anilines is 1. The van der Waals surface area contributed by atoms with E-state index in [-0.39, 0.29) is 17.2 Å². The summed E-state index contributed by atoms with van der Waals surface area (Å²) in [6.07, 6.45) is -4.48. The molecule has 1 aromatic carbocycles. The normalized spacial score (nSPS) is 15.9. The zero-order valence-electron chi connectivity index (χ0n) is 11.7. The highest BCUT2D eigenvalue weighted by molar-refractivity contribution is 7.99. The lowest BCUT2D eigenvalue weighted by atomic mass is 10.0. The number of rotatable bonds is 3. The van der Waals surface area contributed by atoms with Crippen LogP contribution in [-0.4, -0.2) is 41.9 Å². The molecular weight excluding hydrogens is 301 g/mol. The molecule has 1 fully saturated rings. The lowest BCUT2D eigenvalue weighted by Gasteiger charge is -2.28. The van der Waals surface area contributed by atoms with Crippen LogP contribution in [-0.2, 0) is 6.18 Å². The number of carbonyl (C=O) groups is 1. The average Bonchev–Trinajstić information content (AvgIpc) is 2.47. The SMILES string of the molecule is CCNc1c(C(=O)N2CCSCC2)cccc1C(F)(F)F. The van der Waals surface area contributed by atoms with Crippen molar-refractivity contribution in [2.45, 2.75) is 13.1 Å². The Balaban J connectivity index is 2.40. The van der Waals surface area contributed by atoms with Gasteiger partial charge in [0.25, 0.3) is 5.91 Å². The summed E-state index contributed by atoms with van der Waals surface area (Å²) < 4.78 is 39.3. The van der Waals surface area contributed by atoms with Crippen molar-refractivity contribution in [2.75, 3.05) is 36.5 Å². The summed E-state index contributed by atoms with van der Waals surface area (Å²) in [6, 6.07) is 3.74. The van der Waals surface area contributed by atoms with Gasteiger partial charge in [-0.2, -0.15) is 24.9 Å². The lowest BCUT2D eigenvalue weighted by molar-refractivity contribution is -0.137. The van der Waals surface area contributed by atoms with Crippen molar-refractivity contribution < 1.29 is 18.0 Å². The fourth-order valence-electron chi connectivity index (χ4n) is 2.27. The predicted molar refractivity (Wildman–Crippen MR) is 78.8 cm³/mol. The van der Waals surface area contributed by atoms with Crippen molar-refractivity contribution in [3.63, 3.8) is 0 Å². The summed E-state index contributed by atoms with van der Waals surface area (Å²) in [5.41, 5.74) is -0.809. The van der Waals surface area contributed by atoms with Gasteiger partial charge in [-0.1, -0.05) is 6.07 Å². The third kappa shape index (κ3) is 3.64. The Labute approximate surface area is 125 Å². The number of amides is 1. The van der Waals surface area contributed by atoms with Crippen LogP contribution in [0.4, 0.5) is 18.9 Å². The van der Waals surface area contributed by atoms with Gasteiger partial charge in [0.15, 0.2) is 0 Å². The van der Waals surface area contributed by atoms with Crippen LogP contribution in [0.5, 0.6) is 0 Å². The molecular formula is C14H17F3N2OS. The molecule has 3 nitrogen and oxygen atoms in total. The molecule has 7 heteroatoms.